The van der Waals surface area contributed by atoms with Gasteiger partial charge in [0.15, 0.2) is 8.07 Å². The number of rotatable bonds is 6. The molecule has 6 heteroatoms. The molecule has 0 unspecified atom stereocenters. The van der Waals surface area contributed by atoms with Crippen LogP contribution >= 0.6 is 0 Å². The van der Waals surface area contributed by atoms with Crippen LogP contribution in [0.25, 0.3) is 22.6 Å². The predicted molar refractivity (Wildman–Crippen MR) is 150 cm³/mol. The van der Waals surface area contributed by atoms with E-state index in [0.717, 1.165) is 33.0 Å². The second kappa shape index (κ2) is 10.0. The summed E-state index contributed by atoms with van der Waals surface area (Å²) in [4.78, 5) is 23.5. The van der Waals surface area contributed by atoms with Crippen LogP contribution in [0, 0.1) is 0 Å². The van der Waals surface area contributed by atoms with Gasteiger partial charge in [-0.05, 0) is 27.7 Å². The molecule has 0 aliphatic rings. The van der Waals surface area contributed by atoms with Gasteiger partial charge in [0.1, 0.15) is 12.7 Å². The van der Waals surface area contributed by atoms with Gasteiger partial charge < -0.3 is 0 Å². The molecule has 0 radical (unpaired) electrons. The van der Waals surface area contributed by atoms with Gasteiger partial charge in [0.2, 0.25) is 0 Å². The van der Waals surface area contributed by atoms with Crippen molar-refractivity contribution in [3.63, 3.8) is 0 Å². The van der Waals surface area contributed by atoms with E-state index >= 15 is 0 Å². The first-order chi connectivity index (χ1) is 18.4. The summed E-state index contributed by atoms with van der Waals surface area (Å²) in [7, 11) is -3.04. The summed E-state index contributed by atoms with van der Waals surface area (Å²) in [5, 5.41) is 4.50. The first-order valence-electron chi connectivity index (χ1n) is 12.1. The zero-order chi connectivity index (χ0) is 24.9. The molecule has 0 fully saturated rings. The standard InChI is InChI=1S/C31H23N5Si/c1-4-12-24(13-5-1)30-28(20-32-22-35-30)37(25-14-6-2-7-15-25,26-16-8-3-9-17-26)29-21-33-23-36-31(29)27-18-10-11-19-34-27/h1-23H. The first kappa shape index (κ1) is 22.6. The summed E-state index contributed by atoms with van der Waals surface area (Å²) in [5.74, 6) is 0. The van der Waals surface area contributed by atoms with E-state index in [9.17, 15) is 0 Å². The summed E-state index contributed by atoms with van der Waals surface area (Å²) in [5.41, 5.74) is 3.57. The topological polar surface area (TPSA) is 64.5 Å². The summed E-state index contributed by atoms with van der Waals surface area (Å²) >= 11 is 0. The number of hydrogen-bond acceptors (Lipinski definition) is 5. The highest BCUT2D eigenvalue weighted by atomic mass is 28.3. The quantitative estimate of drug-likeness (QED) is 0.333. The van der Waals surface area contributed by atoms with E-state index in [1.807, 2.05) is 48.8 Å². The fraction of sp³-hybridized carbons (Fsp3) is 0. The fourth-order valence-corrected chi connectivity index (χ4v) is 9.95. The Labute approximate surface area is 216 Å². The molecule has 0 spiro atoms. The Morgan fingerprint density at radius 3 is 1.54 bits per heavy atom. The molecule has 0 aliphatic heterocycles. The Hall–Kier alpha value is -4.81. The van der Waals surface area contributed by atoms with Gasteiger partial charge in [-0.2, -0.15) is 0 Å². The van der Waals surface area contributed by atoms with Crippen LogP contribution in [0.3, 0.4) is 0 Å². The average molecular weight is 494 g/mol. The molecular weight excluding hydrogens is 470 g/mol. The van der Waals surface area contributed by atoms with E-state index in [-0.39, 0.29) is 0 Å². The number of hydrogen-bond donors (Lipinski definition) is 0. The molecule has 0 amide bonds. The van der Waals surface area contributed by atoms with Crippen LogP contribution < -0.4 is 20.7 Å². The highest BCUT2D eigenvalue weighted by Crippen LogP contribution is 2.21. The van der Waals surface area contributed by atoms with Crippen LogP contribution in [0.15, 0.2) is 140 Å². The van der Waals surface area contributed by atoms with Gasteiger partial charge in [0.05, 0.1) is 17.1 Å². The lowest BCUT2D eigenvalue weighted by atomic mass is 10.1. The van der Waals surface area contributed by atoms with E-state index in [2.05, 4.69) is 87.7 Å². The molecule has 0 saturated carbocycles. The number of aromatic nitrogens is 5. The molecule has 5 nitrogen and oxygen atoms in total. The van der Waals surface area contributed by atoms with Gasteiger partial charge in [-0.3, -0.25) is 4.98 Å². The second-order valence-corrected chi connectivity index (χ2v) is 12.4. The molecule has 0 saturated heterocycles. The zero-order valence-corrected chi connectivity index (χ0v) is 21.0. The molecule has 0 bridgehead atoms. The normalized spacial score (nSPS) is 11.2. The molecule has 3 aromatic heterocycles. The van der Waals surface area contributed by atoms with Crippen molar-refractivity contribution in [1.29, 1.82) is 0 Å². The maximum atomic E-state index is 4.86. The maximum absolute atomic E-state index is 4.86. The highest BCUT2D eigenvalue weighted by molar-refractivity contribution is 7.20. The van der Waals surface area contributed by atoms with Crippen LogP contribution in [0.1, 0.15) is 0 Å². The predicted octanol–water partition coefficient (Wildman–Crippen LogP) is 3.37. The Kier molecular flexibility index (Phi) is 6.15. The van der Waals surface area contributed by atoms with Crippen molar-refractivity contribution in [2.75, 3.05) is 0 Å². The van der Waals surface area contributed by atoms with Crippen LogP contribution in [0.4, 0.5) is 0 Å². The molecule has 3 heterocycles. The lowest BCUT2D eigenvalue weighted by Crippen LogP contribution is -2.75. The summed E-state index contributed by atoms with van der Waals surface area (Å²) in [6, 6.07) is 37.5. The number of pyridine rings is 1. The molecule has 176 valence electrons. The SMILES string of the molecule is c1ccc(-c2ncncc2[Si](c2ccccc2)(c2ccccc2)c2cncnc2-c2ccccn2)cc1. The zero-order valence-electron chi connectivity index (χ0n) is 20.0. The van der Waals surface area contributed by atoms with Crippen LogP contribution in [-0.2, 0) is 0 Å². The van der Waals surface area contributed by atoms with Crippen LogP contribution in [0.5, 0.6) is 0 Å². The third-order valence-electron chi connectivity index (χ3n) is 6.60. The van der Waals surface area contributed by atoms with Gasteiger partial charge in [-0.25, -0.2) is 19.9 Å². The highest BCUT2D eigenvalue weighted by Gasteiger charge is 2.46. The molecule has 0 N–H and O–H groups in total. The molecule has 0 atom stereocenters. The first-order valence-corrected chi connectivity index (χ1v) is 14.1. The minimum Gasteiger partial charge on any atom is -0.255 e. The van der Waals surface area contributed by atoms with E-state index in [1.54, 1.807) is 18.9 Å². The van der Waals surface area contributed by atoms with E-state index in [1.165, 1.54) is 10.4 Å². The minimum absolute atomic E-state index is 0.807. The molecule has 37 heavy (non-hydrogen) atoms. The Bertz CT molecular complexity index is 1490. The van der Waals surface area contributed by atoms with Crippen molar-refractivity contribution in [1.82, 2.24) is 24.9 Å². The molecule has 6 aromatic rings. The van der Waals surface area contributed by atoms with Gasteiger partial charge in [0, 0.05) is 29.3 Å². The van der Waals surface area contributed by atoms with Gasteiger partial charge in [-0.1, -0.05) is 97.1 Å². The van der Waals surface area contributed by atoms with Crippen LogP contribution in [0.2, 0.25) is 0 Å². The number of nitrogens with zero attached hydrogens (tertiary/aromatic N) is 5. The molecule has 0 aliphatic carbocycles. The van der Waals surface area contributed by atoms with Crippen molar-refractivity contribution >= 4 is 28.8 Å². The third-order valence-corrected chi connectivity index (χ3v) is 11.3. The summed E-state index contributed by atoms with van der Waals surface area (Å²) in [6.45, 7) is 0. The molecule has 3 aromatic carbocycles. The van der Waals surface area contributed by atoms with E-state index in [0.29, 0.717) is 0 Å². The van der Waals surface area contributed by atoms with E-state index < -0.39 is 8.07 Å². The van der Waals surface area contributed by atoms with Crippen molar-refractivity contribution in [2.45, 2.75) is 0 Å². The molecule has 6 rings (SSSR count). The van der Waals surface area contributed by atoms with Gasteiger partial charge in [0.25, 0.3) is 0 Å². The number of benzene rings is 3. The second-order valence-electron chi connectivity index (χ2n) is 8.63. The van der Waals surface area contributed by atoms with E-state index in [4.69, 9.17) is 9.97 Å². The average Bonchev–Trinajstić information content (AvgIpc) is 3.00. The largest absolute Gasteiger partial charge is 0.255 e. The smallest absolute Gasteiger partial charge is 0.188 e. The summed E-state index contributed by atoms with van der Waals surface area (Å²) in [6.07, 6.45) is 8.97. The Morgan fingerprint density at radius 1 is 0.459 bits per heavy atom. The lowest BCUT2D eigenvalue weighted by Gasteiger charge is -2.35. The monoisotopic (exact) mass is 493 g/mol. The fourth-order valence-electron chi connectivity index (χ4n) is 5.05. The maximum Gasteiger partial charge on any atom is 0.188 e. The third kappa shape index (κ3) is 4.03. The molecular formula is C31H23N5Si. The lowest BCUT2D eigenvalue weighted by molar-refractivity contribution is 1.16. The Morgan fingerprint density at radius 2 is 0.973 bits per heavy atom. The van der Waals surface area contributed by atoms with Gasteiger partial charge in [-0.15, -0.1) is 0 Å². The van der Waals surface area contributed by atoms with Crippen molar-refractivity contribution in [2.24, 2.45) is 0 Å². The summed E-state index contributed by atoms with van der Waals surface area (Å²) < 4.78 is 0. The van der Waals surface area contributed by atoms with Crippen molar-refractivity contribution < 1.29 is 0 Å². The van der Waals surface area contributed by atoms with Crippen molar-refractivity contribution in [3.05, 3.63) is 140 Å². The van der Waals surface area contributed by atoms with Gasteiger partial charge >= 0.3 is 0 Å². The minimum atomic E-state index is -3.04. The Balaban J connectivity index is 1.80. The van der Waals surface area contributed by atoms with Crippen molar-refractivity contribution in [3.8, 4) is 22.6 Å². The van der Waals surface area contributed by atoms with Crippen LogP contribution in [-0.4, -0.2) is 33.0 Å².